The van der Waals surface area contributed by atoms with Gasteiger partial charge in [-0.1, -0.05) is 18.2 Å². The number of nitrogens with one attached hydrogen (secondary N) is 1. The molecule has 2 aliphatic rings. The molecular weight excluding hydrogens is 286 g/mol. The predicted octanol–water partition coefficient (Wildman–Crippen LogP) is 3.04. The van der Waals surface area contributed by atoms with Crippen molar-refractivity contribution in [3.05, 3.63) is 53.2 Å². The third kappa shape index (κ3) is 3.04. The van der Waals surface area contributed by atoms with Crippen molar-refractivity contribution < 1.29 is 4.74 Å². The highest BCUT2D eigenvalue weighted by molar-refractivity contribution is 5.50. The summed E-state index contributed by atoms with van der Waals surface area (Å²) < 4.78 is 6.09. The molecular formula is C19H23N3O. The molecule has 0 aliphatic carbocycles. The molecule has 120 valence electrons. The van der Waals surface area contributed by atoms with Crippen LogP contribution >= 0.6 is 0 Å². The standard InChI is InChI=1S/C19H23N3O/c1-14-11-15-12-20-13-18(15)21-19(14)22-9-7-17(8-10-22)23-16-5-3-2-4-6-16/h2-6,11,17,20H,7-10,12-13H2,1H3. The smallest absolute Gasteiger partial charge is 0.131 e. The summed E-state index contributed by atoms with van der Waals surface area (Å²) in [5.74, 6) is 2.13. The molecule has 1 saturated heterocycles. The predicted molar refractivity (Wildman–Crippen MR) is 91.8 cm³/mol. The van der Waals surface area contributed by atoms with Crippen molar-refractivity contribution in [1.29, 1.82) is 0 Å². The van der Waals surface area contributed by atoms with Gasteiger partial charge in [0.15, 0.2) is 0 Å². The van der Waals surface area contributed by atoms with Gasteiger partial charge in [0.05, 0.1) is 5.69 Å². The van der Waals surface area contributed by atoms with Crippen LogP contribution in [-0.2, 0) is 13.1 Å². The number of para-hydroxylation sites is 1. The first kappa shape index (κ1) is 14.5. The summed E-state index contributed by atoms with van der Waals surface area (Å²) in [6.07, 6.45) is 2.40. The van der Waals surface area contributed by atoms with E-state index in [9.17, 15) is 0 Å². The van der Waals surface area contributed by atoms with Gasteiger partial charge in [-0.3, -0.25) is 0 Å². The second-order valence-electron chi connectivity index (χ2n) is 6.46. The van der Waals surface area contributed by atoms with Crippen molar-refractivity contribution in [3.63, 3.8) is 0 Å². The molecule has 0 radical (unpaired) electrons. The van der Waals surface area contributed by atoms with E-state index in [4.69, 9.17) is 9.72 Å². The van der Waals surface area contributed by atoms with Crippen molar-refractivity contribution in [1.82, 2.24) is 10.3 Å². The largest absolute Gasteiger partial charge is 0.490 e. The summed E-state index contributed by atoms with van der Waals surface area (Å²) in [6, 6.07) is 12.4. The van der Waals surface area contributed by atoms with Crippen molar-refractivity contribution >= 4 is 5.82 Å². The summed E-state index contributed by atoms with van der Waals surface area (Å²) in [5, 5.41) is 3.38. The first-order chi connectivity index (χ1) is 11.3. The number of aromatic nitrogens is 1. The topological polar surface area (TPSA) is 37.4 Å². The monoisotopic (exact) mass is 309 g/mol. The van der Waals surface area contributed by atoms with E-state index in [0.717, 1.165) is 50.6 Å². The number of pyridine rings is 1. The summed E-state index contributed by atoms with van der Waals surface area (Å²) in [4.78, 5) is 7.32. The number of anilines is 1. The molecule has 2 aromatic rings. The Morgan fingerprint density at radius 2 is 1.91 bits per heavy atom. The Morgan fingerprint density at radius 1 is 1.13 bits per heavy atom. The quantitative estimate of drug-likeness (QED) is 0.945. The number of nitrogens with zero attached hydrogens (tertiary/aromatic N) is 2. The lowest BCUT2D eigenvalue weighted by atomic mass is 10.1. The fourth-order valence-corrected chi connectivity index (χ4v) is 3.52. The van der Waals surface area contributed by atoms with Crippen LogP contribution in [0.25, 0.3) is 0 Å². The molecule has 0 amide bonds. The van der Waals surface area contributed by atoms with E-state index in [1.807, 2.05) is 30.3 Å². The number of benzene rings is 1. The van der Waals surface area contributed by atoms with Crippen LogP contribution in [0.1, 0.15) is 29.7 Å². The normalized spacial score (nSPS) is 18.0. The van der Waals surface area contributed by atoms with E-state index >= 15 is 0 Å². The van der Waals surface area contributed by atoms with Gasteiger partial charge in [-0.25, -0.2) is 4.98 Å². The van der Waals surface area contributed by atoms with E-state index in [0.29, 0.717) is 6.10 Å². The second-order valence-corrected chi connectivity index (χ2v) is 6.46. The molecule has 0 saturated carbocycles. The van der Waals surface area contributed by atoms with Crippen LogP contribution in [0.5, 0.6) is 5.75 Å². The van der Waals surface area contributed by atoms with Gasteiger partial charge in [-0.2, -0.15) is 0 Å². The van der Waals surface area contributed by atoms with Crippen molar-refractivity contribution in [2.24, 2.45) is 0 Å². The van der Waals surface area contributed by atoms with Crippen LogP contribution in [0, 0.1) is 6.92 Å². The fourth-order valence-electron chi connectivity index (χ4n) is 3.52. The molecule has 0 spiro atoms. The molecule has 0 unspecified atom stereocenters. The number of rotatable bonds is 3. The zero-order valence-electron chi connectivity index (χ0n) is 13.6. The Balaban J connectivity index is 1.42. The molecule has 3 heterocycles. The van der Waals surface area contributed by atoms with E-state index in [1.54, 1.807) is 0 Å². The third-order valence-electron chi connectivity index (χ3n) is 4.75. The van der Waals surface area contributed by atoms with E-state index in [2.05, 4.69) is 23.2 Å². The molecule has 1 fully saturated rings. The second kappa shape index (κ2) is 6.20. The Labute approximate surface area is 137 Å². The number of hydrogen-bond acceptors (Lipinski definition) is 4. The summed E-state index contributed by atoms with van der Waals surface area (Å²) in [7, 11) is 0. The Hall–Kier alpha value is -2.07. The SMILES string of the molecule is Cc1cc2c(nc1N1CCC(Oc3ccccc3)CC1)CNC2. The van der Waals surface area contributed by atoms with Crippen LogP contribution in [-0.4, -0.2) is 24.2 Å². The molecule has 4 rings (SSSR count). The lowest BCUT2D eigenvalue weighted by Crippen LogP contribution is -2.39. The van der Waals surface area contributed by atoms with Crippen LogP contribution < -0.4 is 15.0 Å². The summed E-state index contributed by atoms with van der Waals surface area (Å²) in [6.45, 7) is 6.05. The molecule has 1 N–H and O–H groups in total. The molecule has 1 aromatic carbocycles. The first-order valence-corrected chi connectivity index (χ1v) is 8.46. The van der Waals surface area contributed by atoms with E-state index in [1.165, 1.54) is 16.8 Å². The third-order valence-corrected chi connectivity index (χ3v) is 4.75. The average molecular weight is 309 g/mol. The van der Waals surface area contributed by atoms with Gasteiger partial charge in [0.25, 0.3) is 0 Å². The van der Waals surface area contributed by atoms with Crippen LogP contribution in [0.4, 0.5) is 5.82 Å². The van der Waals surface area contributed by atoms with Gasteiger partial charge < -0.3 is 15.0 Å². The zero-order chi connectivity index (χ0) is 15.6. The van der Waals surface area contributed by atoms with Crippen molar-refractivity contribution in [2.45, 2.75) is 39.0 Å². The first-order valence-electron chi connectivity index (χ1n) is 8.46. The molecule has 4 heteroatoms. The lowest BCUT2D eigenvalue weighted by Gasteiger charge is -2.34. The molecule has 4 nitrogen and oxygen atoms in total. The Kier molecular flexibility index (Phi) is 3.92. The Bertz CT molecular complexity index is 679. The molecule has 0 atom stereocenters. The fraction of sp³-hybridized carbons (Fsp3) is 0.421. The van der Waals surface area contributed by atoms with Gasteiger partial charge in [-0.05, 0) is 36.2 Å². The van der Waals surface area contributed by atoms with E-state index in [-0.39, 0.29) is 0 Å². The van der Waals surface area contributed by atoms with Gasteiger partial charge in [0, 0.05) is 39.0 Å². The Morgan fingerprint density at radius 3 is 2.70 bits per heavy atom. The van der Waals surface area contributed by atoms with Gasteiger partial charge >= 0.3 is 0 Å². The highest BCUT2D eigenvalue weighted by Crippen LogP contribution is 2.27. The highest BCUT2D eigenvalue weighted by atomic mass is 16.5. The number of fused-ring (bicyclic) bond motifs is 1. The lowest BCUT2D eigenvalue weighted by molar-refractivity contribution is 0.170. The van der Waals surface area contributed by atoms with Crippen LogP contribution in [0.3, 0.4) is 0 Å². The van der Waals surface area contributed by atoms with Crippen LogP contribution in [0.2, 0.25) is 0 Å². The van der Waals surface area contributed by atoms with Crippen molar-refractivity contribution in [2.75, 3.05) is 18.0 Å². The summed E-state index contributed by atoms with van der Waals surface area (Å²) >= 11 is 0. The molecule has 0 bridgehead atoms. The molecule has 2 aliphatic heterocycles. The minimum atomic E-state index is 0.310. The molecule has 1 aromatic heterocycles. The maximum Gasteiger partial charge on any atom is 0.131 e. The summed E-state index contributed by atoms with van der Waals surface area (Å²) in [5.41, 5.74) is 3.86. The average Bonchev–Trinajstić information content (AvgIpc) is 3.03. The number of aryl methyl sites for hydroxylation is 1. The maximum absolute atomic E-state index is 6.09. The molecule has 23 heavy (non-hydrogen) atoms. The van der Waals surface area contributed by atoms with Crippen LogP contribution in [0.15, 0.2) is 36.4 Å². The van der Waals surface area contributed by atoms with Gasteiger partial charge in [0.1, 0.15) is 17.7 Å². The maximum atomic E-state index is 6.09. The number of ether oxygens (including phenoxy) is 1. The van der Waals surface area contributed by atoms with Crippen molar-refractivity contribution in [3.8, 4) is 5.75 Å². The number of hydrogen-bond donors (Lipinski definition) is 1. The minimum Gasteiger partial charge on any atom is -0.490 e. The highest BCUT2D eigenvalue weighted by Gasteiger charge is 2.24. The van der Waals surface area contributed by atoms with Gasteiger partial charge in [0.2, 0.25) is 0 Å². The van der Waals surface area contributed by atoms with Gasteiger partial charge in [-0.15, -0.1) is 0 Å². The minimum absolute atomic E-state index is 0.310. The van der Waals surface area contributed by atoms with E-state index < -0.39 is 0 Å². The zero-order valence-corrected chi connectivity index (χ0v) is 13.6. The number of piperidine rings is 1.